The lowest BCUT2D eigenvalue weighted by Crippen LogP contribution is -2.44. The van der Waals surface area contributed by atoms with E-state index in [2.05, 4.69) is 19.2 Å². The molecule has 118 valence electrons. The van der Waals surface area contributed by atoms with Crippen LogP contribution in [0.1, 0.15) is 35.3 Å². The molecule has 0 aliphatic carbocycles. The van der Waals surface area contributed by atoms with E-state index in [0.717, 1.165) is 29.0 Å². The highest BCUT2D eigenvalue weighted by Crippen LogP contribution is 2.35. The summed E-state index contributed by atoms with van der Waals surface area (Å²) < 4.78 is 5.50. The Hall–Kier alpha value is -2.55. The van der Waals surface area contributed by atoms with Crippen LogP contribution in [0.25, 0.3) is 5.70 Å². The van der Waals surface area contributed by atoms with Crippen molar-refractivity contribution in [3.05, 3.63) is 71.3 Å². The zero-order chi connectivity index (χ0) is 16.4. The second kappa shape index (κ2) is 5.92. The fourth-order valence-corrected chi connectivity index (χ4v) is 3.04. The SMILES string of the molecule is COc1cccc2c1CC(C)(C)NC2=CC(=O)c1ccccc1. The maximum Gasteiger partial charge on any atom is 0.187 e. The highest BCUT2D eigenvalue weighted by Gasteiger charge is 2.30. The fraction of sp³-hybridized carbons (Fsp3) is 0.250. The topological polar surface area (TPSA) is 38.3 Å². The van der Waals surface area contributed by atoms with E-state index in [-0.39, 0.29) is 11.3 Å². The van der Waals surface area contributed by atoms with Crippen LogP contribution in [0.2, 0.25) is 0 Å². The van der Waals surface area contributed by atoms with Crippen LogP contribution in [0.5, 0.6) is 5.75 Å². The van der Waals surface area contributed by atoms with Gasteiger partial charge in [-0.15, -0.1) is 0 Å². The summed E-state index contributed by atoms with van der Waals surface area (Å²) >= 11 is 0. The van der Waals surface area contributed by atoms with E-state index in [1.165, 1.54) is 0 Å². The van der Waals surface area contributed by atoms with Crippen molar-refractivity contribution in [2.45, 2.75) is 25.8 Å². The normalized spacial score (nSPS) is 17.3. The van der Waals surface area contributed by atoms with E-state index >= 15 is 0 Å². The number of methoxy groups -OCH3 is 1. The first-order valence-electron chi connectivity index (χ1n) is 7.76. The van der Waals surface area contributed by atoms with Crippen LogP contribution < -0.4 is 10.1 Å². The fourth-order valence-electron chi connectivity index (χ4n) is 3.04. The molecule has 0 amide bonds. The molecule has 3 nitrogen and oxygen atoms in total. The van der Waals surface area contributed by atoms with E-state index < -0.39 is 0 Å². The van der Waals surface area contributed by atoms with E-state index in [0.29, 0.717) is 5.56 Å². The molecule has 0 saturated carbocycles. The summed E-state index contributed by atoms with van der Waals surface area (Å²) in [7, 11) is 1.68. The van der Waals surface area contributed by atoms with Gasteiger partial charge in [0.15, 0.2) is 5.78 Å². The van der Waals surface area contributed by atoms with Gasteiger partial charge in [0.25, 0.3) is 0 Å². The number of carbonyl (C=O) groups is 1. The number of carbonyl (C=O) groups excluding carboxylic acids is 1. The van der Waals surface area contributed by atoms with Crippen molar-refractivity contribution in [1.29, 1.82) is 0 Å². The molecule has 23 heavy (non-hydrogen) atoms. The highest BCUT2D eigenvalue weighted by molar-refractivity contribution is 6.08. The van der Waals surface area contributed by atoms with Gasteiger partial charge >= 0.3 is 0 Å². The summed E-state index contributed by atoms with van der Waals surface area (Å²) in [6.07, 6.45) is 2.54. The first kappa shape index (κ1) is 15.3. The summed E-state index contributed by atoms with van der Waals surface area (Å²) in [4.78, 5) is 12.5. The van der Waals surface area contributed by atoms with Crippen LogP contribution in [0.15, 0.2) is 54.6 Å². The van der Waals surface area contributed by atoms with Crippen molar-refractivity contribution in [2.24, 2.45) is 0 Å². The van der Waals surface area contributed by atoms with Gasteiger partial charge in [0.1, 0.15) is 5.75 Å². The minimum atomic E-state index is -0.134. The first-order chi connectivity index (χ1) is 11.0. The largest absolute Gasteiger partial charge is 0.496 e. The number of nitrogens with one attached hydrogen (secondary N) is 1. The van der Waals surface area contributed by atoms with Gasteiger partial charge in [-0.1, -0.05) is 42.5 Å². The minimum Gasteiger partial charge on any atom is -0.496 e. The minimum absolute atomic E-state index is 0.000398. The third-order valence-corrected chi connectivity index (χ3v) is 4.07. The summed E-state index contributed by atoms with van der Waals surface area (Å²) in [6.45, 7) is 4.26. The molecule has 0 atom stereocenters. The molecule has 1 aliphatic heterocycles. The standard InChI is InChI=1S/C20H21NO2/c1-20(2)13-16-15(10-7-11-19(16)23-3)17(21-20)12-18(22)14-8-5-4-6-9-14/h4-12,21H,13H2,1-3H3. The molecule has 0 aromatic heterocycles. The zero-order valence-electron chi connectivity index (χ0n) is 13.7. The monoisotopic (exact) mass is 307 g/mol. The van der Waals surface area contributed by atoms with Gasteiger partial charge in [0.05, 0.1) is 7.11 Å². The molecule has 1 aliphatic rings. The van der Waals surface area contributed by atoms with E-state index in [4.69, 9.17) is 4.74 Å². The van der Waals surface area contributed by atoms with Gasteiger partial charge in [-0.3, -0.25) is 4.79 Å². The molecular formula is C20H21NO2. The highest BCUT2D eigenvalue weighted by atomic mass is 16.5. The Morgan fingerprint density at radius 3 is 2.57 bits per heavy atom. The zero-order valence-corrected chi connectivity index (χ0v) is 13.7. The predicted octanol–water partition coefficient (Wildman–Crippen LogP) is 3.84. The second-order valence-corrected chi connectivity index (χ2v) is 6.46. The molecule has 0 fully saturated rings. The molecule has 3 heteroatoms. The predicted molar refractivity (Wildman–Crippen MR) is 92.7 cm³/mol. The quantitative estimate of drug-likeness (QED) is 0.691. The number of allylic oxidation sites excluding steroid dienone is 1. The lowest BCUT2D eigenvalue weighted by molar-refractivity contribution is 0.104. The van der Waals surface area contributed by atoms with Gasteiger partial charge < -0.3 is 10.1 Å². The maximum atomic E-state index is 12.5. The molecule has 0 unspecified atom stereocenters. The molecular weight excluding hydrogens is 286 g/mol. The molecule has 0 bridgehead atoms. The van der Waals surface area contributed by atoms with Crippen molar-refractivity contribution in [3.63, 3.8) is 0 Å². The van der Waals surface area contributed by atoms with Gasteiger partial charge in [-0.2, -0.15) is 0 Å². The number of hydrogen-bond donors (Lipinski definition) is 1. The third-order valence-electron chi connectivity index (χ3n) is 4.07. The van der Waals surface area contributed by atoms with Crippen molar-refractivity contribution in [3.8, 4) is 5.75 Å². The Kier molecular flexibility index (Phi) is 3.95. The number of fused-ring (bicyclic) bond motifs is 1. The Morgan fingerprint density at radius 1 is 1.13 bits per heavy atom. The molecule has 2 aromatic carbocycles. The van der Waals surface area contributed by atoms with Crippen LogP contribution in [-0.4, -0.2) is 18.4 Å². The van der Waals surface area contributed by atoms with Gasteiger partial charge in [0.2, 0.25) is 0 Å². The van der Waals surface area contributed by atoms with Gasteiger partial charge in [0, 0.05) is 34.0 Å². The Bertz CT molecular complexity index is 760. The molecule has 0 saturated heterocycles. The number of rotatable bonds is 3. The summed E-state index contributed by atoms with van der Waals surface area (Å²) in [5.41, 5.74) is 3.59. The van der Waals surface area contributed by atoms with Crippen LogP contribution in [-0.2, 0) is 6.42 Å². The smallest absolute Gasteiger partial charge is 0.187 e. The number of ether oxygens (including phenoxy) is 1. The maximum absolute atomic E-state index is 12.5. The molecule has 3 rings (SSSR count). The van der Waals surface area contributed by atoms with Crippen molar-refractivity contribution in [1.82, 2.24) is 5.32 Å². The van der Waals surface area contributed by atoms with E-state index in [9.17, 15) is 4.79 Å². The molecule has 1 heterocycles. The van der Waals surface area contributed by atoms with Crippen LogP contribution in [0, 0.1) is 0 Å². The average molecular weight is 307 g/mol. The molecule has 1 N–H and O–H groups in total. The van der Waals surface area contributed by atoms with Crippen molar-refractivity contribution in [2.75, 3.05) is 7.11 Å². The van der Waals surface area contributed by atoms with Gasteiger partial charge in [-0.05, 0) is 26.3 Å². The molecule has 0 spiro atoms. The van der Waals surface area contributed by atoms with Gasteiger partial charge in [-0.25, -0.2) is 0 Å². The lowest BCUT2D eigenvalue weighted by Gasteiger charge is -2.36. The average Bonchev–Trinajstić information content (AvgIpc) is 2.54. The van der Waals surface area contributed by atoms with Crippen LogP contribution >= 0.6 is 0 Å². The molecule has 2 aromatic rings. The lowest BCUT2D eigenvalue weighted by atomic mass is 9.85. The van der Waals surface area contributed by atoms with E-state index in [1.54, 1.807) is 13.2 Å². The molecule has 0 radical (unpaired) electrons. The first-order valence-corrected chi connectivity index (χ1v) is 7.76. The van der Waals surface area contributed by atoms with Crippen molar-refractivity contribution < 1.29 is 9.53 Å². The Balaban J connectivity index is 2.07. The number of hydrogen-bond acceptors (Lipinski definition) is 3. The number of ketones is 1. The Labute approximate surface area is 137 Å². The van der Waals surface area contributed by atoms with Crippen LogP contribution in [0.4, 0.5) is 0 Å². The van der Waals surface area contributed by atoms with Crippen molar-refractivity contribution >= 4 is 11.5 Å². The number of benzene rings is 2. The Morgan fingerprint density at radius 2 is 1.87 bits per heavy atom. The van der Waals surface area contributed by atoms with E-state index in [1.807, 2.05) is 48.5 Å². The second-order valence-electron chi connectivity index (χ2n) is 6.46. The third kappa shape index (κ3) is 3.14. The summed E-state index contributed by atoms with van der Waals surface area (Å²) in [5, 5.41) is 3.49. The summed E-state index contributed by atoms with van der Waals surface area (Å²) in [5.74, 6) is 0.870. The summed E-state index contributed by atoms with van der Waals surface area (Å²) in [6, 6.07) is 15.3. The van der Waals surface area contributed by atoms with Crippen LogP contribution in [0.3, 0.4) is 0 Å².